The van der Waals surface area contributed by atoms with E-state index >= 15 is 0 Å². The molecule has 3 rings (SSSR count). The number of carbonyl (C=O) groups is 1. The zero-order valence-electron chi connectivity index (χ0n) is 30.7. The first-order valence-electron chi connectivity index (χ1n) is 16.6. The second-order valence-electron chi connectivity index (χ2n) is 6.91. The number of piperazine rings is 1. The van der Waals surface area contributed by atoms with Gasteiger partial charge in [0.2, 0.25) is 5.91 Å². The Bertz CT molecular complexity index is 1330. The van der Waals surface area contributed by atoms with Crippen LogP contribution in [0.3, 0.4) is 0 Å². The van der Waals surface area contributed by atoms with Crippen LogP contribution in [0.15, 0.2) is 42.4 Å². The Morgan fingerprint density at radius 3 is 2.55 bits per heavy atom. The van der Waals surface area contributed by atoms with Crippen LogP contribution >= 0.6 is 0 Å². The number of benzene rings is 2. The summed E-state index contributed by atoms with van der Waals surface area (Å²) in [5.41, 5.74) is -2.39. The normalized spacial score (nSPS) is 24.3. The predicted octanol–water partition coefficient (Wildman–Crippen LogP) is 2.31. The SMILES string of the molecule is [2H]c1c([2H])c(C([2H])([2H])[2H])c(NC(=O)CN2CCN(CC(O)C([2H])([2H])Oc3ccccc3OC([2H])([2H])[2H])CC2)c(C([2H])([2H])[2H])c1[2H]. The number of aliphatic hydroxyl groups is 1. The first kappa shape index (κ1) is 10.8. The van der Waals surface area contributed by atoms with Gasteiger partial charge < -0.3 is 19.9 Å². The van der Waals surface area contributed by atoms with Gasteiger partial charge in [-0.3, -0.25) is 14.6 Å². The number of anilines is 1. The van der Waals surface area contributed by atoms with E-state index in [1.54, 1.807) is 9.80 Å². The molecule has 1 aliphatic heterocycles. The van der Waals surface area contributed by atoms with Crippen molar-refractivity contribution in [2.24, 2.45) is 0 Å². The molecule has 31 heavy (non-hydrogen) atoms. The molecule has 1 fully saturated rings. The fraction of sp³-hybridized carbons (Fsp3) is 0.458. The number of hydrogen-bond acceptors (Lipinski definition) is 6. The van der Waals surface area contributed by atoms with Crippen LogP contribution in [-0.4, -0.2) is 79.8 Å². The van der Waals surface area contributed by atoms with Crippen LogP contribution in [0.5, 0.6) is 11.5 Å². The standard InChI is InChI=1S/C24H33N3O4/c1-18-7-6-8-19(2)24(18)25-23(29)16-27-13-11-26(12-14-27)15-20(28)17-31-22-10-5-4-9-21(22)30-3/h4-10,20,28H,11-17H2,1-3H3,(H,25,29)/i1D3,2D3,3D3,6D,7D,8D,17D2. The fourth-order valence-electron chi connectivity index (χ4n) is 3.08. The highest BCUT2D eigenvalue weighted by atomic mass is 16.5. The van der Waals surface area contributed by atoms with Crippen molar-refractivity contribution in [3.63, 3.8) is 0 Å². The number of β-amino-alcohol motifs (C(OH)–C–C–N with tert-alkyl or cyclic N) is 1. The lowest BCUT2D eigenvalue weighted by atomic mass is 10.1. The molecule has 0 aliphatic carbocycles. The molecule has 1 atom stereocenters. The van der Waals surface area contributed by atoms with E-state index in [1.165, 1.54) is 24.3 Å². The lowest BCUT2D eigenvalue weighted by Crippen LogP contribution is -2.50. The number of rotatable bonds is 9. The molecular formula is C24H33N3O4. The number of nitrogens with one attached hydrogen (secondary N) is 1. The zero-order valence-corrected chi connectivity index (χ0v) is 16.7. The summed E-state index contributed by atoms with van der Waals surface area (Å²) in [6.45, 7) is -8.24. The molecule has 168 valence electrons. The molecule has 0 radical (unpaired) electrons. The predicted molar refractivity (Wildman–Crippen MR) is 122 cm³/mol. The molecule has 0 saturated carbocycles. The average molecular weight is 442 g/mol. The number of methoxy groups -OCH3 is 1. The maximum atomic E-state index is 13.0. The third kappa shape index (κ3) is 6.69. The minimum absolute atomic E-state index is 0.183. The van der Waals surface area contributed by atoms with E-state index in [4.69, 9.17) is 28.7 Å². The Balaban J connectivity index is 1.65. The number of ether oxygens (including phenoxy) is 2. The van der Waals surface area contributed by atoms with Gasteiger partial charge in [0.25, 0.3) is 0 Å². The van der Waals surface area contributed by atoms with Crippen LogP contribution in [-0.2, 0) is 4.79 Å². The molecule has 1 heterocycles. The highest BCUT2D eigenvalue weighted by molar-refractivity contribution is 5.93. The van der Waals surface area contributed by atoms with E-state index in [0.717, 1.165) is 0 Å². The van der Waals surface area contributed by atoms with Gasteiger partial charge in [0.05, 0.1) is 24.5 Å². The van der Waals surface area contributed by atoms with Gasteiger partial charge in [-0.1, -0.05) is 30.3 Å². The molecule has 0 bridgehead atoms. The van der Waals surface area contributed by atoms with Crippen molar-refractivity contribution >= 4 is 11.6 Å². The molecule has 0 spiro atoms. The molecule has 2 aromatic rings. The Labute approximate surface area is 204 Å². The molecular weight excluding hydrogens is 394 g/mol. The van der Waals surface area contributed by atoms with Gasteiger partial charge in [0.15, 0.2) is 11.5 Å². The Hall–Kier alpha value is -2.61. The number of amides is 1. The van der Waals surface area contributed by atoms with Crippen LogP contribution in [0, 0.1) is 13.7 Å². The van der Waals surface area contributed by atoms with Crippen molar-refractivity contribution in [1.82, 2.24) is 9.80 Å². The first-order valence-corrected chi connectivity index (χ1v) is 9.55. The van der Waals surface area contributed by atoms with Crippen LogP contribution in [0.25, 0.3) is 0 Å². The summed E-state index contributed by atoms with van der Waals surface area (Å²) >= 11 is 0. The quantitative estimate of drug-likeness (QED) is 0.622. The number of hydrogen-bond donors (Lipinski definition) is 2. The monoisotopic (exact) mass is 441 g/mol. The molecule has 1 aliphatic rings. The summed E-state index contributed by atoms with van der Waals surface area (Å²) in [7, 11) is -2.81. The molecule has 7 heteroatoms. The fourth-order valence-corrected chi connectivity index (χ4v) is 3.08. The number of para-hydroxylation sites is 3. The first-order chi connectivity index (χ1) is 20.5. The van der Waals surface area contributed by atoms with Gasteiger partial charge in [-0.05, 0) is 37.0 Å². The van der Waals surface area contributed by atoms with Crippen LogP contribution in [0.4, 0.5) is 5.69 Å². The third-order valence-corrected chi connectivity index (χ3v) is 4.67. The van der Waals surface area contributed by atoms with E-state index in [1.807, 2.05) is 0 Å². The van der Waals surface area contributed by atoms with Gasteiger partial charge in [-0.25, -0.2) is 0 Å². The summed E-state index contributed by atoms with van der Waals surface area (Å²) in [4.78, 5) is 16.3. The second kappa shape index (κ2) is 11.1. The van der Waals surface area contributed by atoms with Crippen molar-refractivity contribution in [1.29, 1.82) is 0 Å². The van der Waals surface area contributed by atoms with E-state index in [0.29, 0.717) is 0 Å². The molecule has 1 amide bonds. The van der Waals surface area contributed by atoms with Gasteiger partial charge in [0, 0.05) is 46.6 Å². The van der Waals surface area contributed by atoms with Crippen molar-refractivity contribution < 1.29 is 38.6 Å². The van der Waals surface area contributed by atoms with Gasteiger partial charge >= 0.3 is 0 Å². The van der Waals surface area contributed by atoms with Crippen LogP contribution in [0.1, 0.15) is 30.3 Å². The summed E-state index contributed by atoms with van der Waals surface area (Å²) in [5, 5.41) is 12.9. The molecule has 2 aromatic carbocycles. The summed E-state index contributed by atoms with van der Waals surface area (Å²) in [6.07, 6.45) is -1.68. The lowest BCUT2D eigenvalue weighted by molar-refractivity contribution is -0.117. The van der Waals surface area contributed by atoms with Gasteiger partial charge in [-0.15, -0.1) is 0 Å². The van der Waals surface area contributed by atoms with Crippen molar-refractivity contribution in [2.75, 3.05) is 58.2 Å². The molecule has 0 aromatic heterocycles. The van der Waals surface area contributed by atoms with Gasteiger partial charge in [0.1, 0.15) is 12.7 Å². The Morgan fingerprint density at radius 1 is 1.19 bits per heavy atom. The highest BCUT2D eigenvalue weighted by Gasteiger charge is 2.21. The molecule has 1 unspecified atom stereocenters. The lowest BCUT2D eigenvalue weighted by Gasteiger charge is -2.35. The Morgan fingerprint density at radius 2 is 1.87 bits per heavy atom. The Kier molecular flexibility index (Phi) is 3.88. The zero-order chi connectivity index (χ0) is 34.1. The van der Waals surface area contributed by atoms with Gasteiger partial charge in [-0.2, -0.15) is 0 Å². The summed E-state index contributed by atoms with van der Waals surface area (Å²) in [6, 6.07) is 2.90. The van der Waals surface area contributed by atoms with E-state index in [2.05, 4.69) is 5.32 Å². The van der Waals surface area contributed by atoms with E-state index in [9.17, 15) is 9.90 Å². The minimum atomic E-state index is -3.06. The largest absolute Gasteiger partial charge is 0.493 e. The van der Waals surface area contributed by atoms with Crippen LogP contribution in [0.2, 0.25) is 0 Å². The highest BCUT2D eigenvalue weighted by Crippen LogP contribution is 2.25. The minimum Gasteiger partial charge on any atom is -0.493 e. The summed E-state index contributed by atoms with van der Waals surface area (Å²) < 4.78 is 119. The number of carbonyl (C=O) groups excluding carboxylic acids is 1. The maximum Gasteiger partial charge on any atom is 0.238 e. The van der Waals surface area contributed by atoms with E-state index in [-0.39, 0.29) is 50.8 Å². The van der Waals surface area contributed by atoms with Crippen molar-refractivity contribution in [2.45, 2.75) is 19.8 Å². The second-order valence-corrected chi connectivity index (χ2v) is 6.91. The summed E-state index contributed by atoms with van der Waals surface area (Å²) in [5.74, 6) is -1.26. The third-order valence-electron chi connectivity index (χ3n) is 4.67. The molecule has 2 N–H and O–H groups in total. The van der Waals surface area contributed by atoms with Crippen LogP contribution < -0.4 is 14.8 Å². The van der Waals surface area contributed by atoms with Crippen molar-refractivity contribution in [3.8, 4) is 11.5 Å². The molecule has 1 saturated heterocycles. The van der Waals surface area contributed by atoms with E-state index < -0.39 is 74.3 Å². The number of nitrogens with zero attached hydrogens (tertiary/aromatic N) is 2. The van der Waals surface area contributed by atoms with Crippen molar-refractivity contribution in [3.05, 3.63) is 53.5 Å². The number of aliphatic hydroxyl groups excluding tert-OH is 1. The average Bonchev–Trinajstić information content (AvgIpc) is 2.87. The smallest absolute Gasteiger partial charge is 0.238 e. The maximum absolute atomic E-state index is 13.0. The molecule has 7 nitrogen and oxygen atoms in total. The topological polar surface area (TPSA) is 74.3 Å².